The molecule has 7 aliphatic rings. The summed E-state index contributed by atoms with van der Waals surface area (Å²) in [7, 11) is 0. The Labute approximate surface area is 316 Å². The third-order valence-electron chi connectivity index (χ3n) is 17.8. The number of nitrogens with zero attached hydrogens (tertiary/aromatic N) is 1. The fourth-order valence-electron chi connectivity index (χ4n) is 14.9. The van der Waals surface area contributed by atoms with E-state index in [1.807, 2.05) is 0 Å². The van der Waals surface area contributed by atoms with Gasteiger partial charge < -0.3 is 19.5 Å². The number of nitrogens with one attached hydrogen (secondary N) is 1. The first kappa shape index (κ1) is 38.9. The molecule has 0 spiro atoms. The van der Waals surface area contributed by atoms with Gasteiger partial charge in [-0.15, -0.1) is 0 Å². The third kappa shape index (κ3) is 6.00. The SMILES string of the molecule is C=C(C)[C@@H]1CC[C@]2(NCCN3CCC(S(=O)O)CC3)CC[C@]3(C)[C@H](CC[C@@H]4[C@@]5(C)CC=C(C6=CC[C@](CF)(OC=O)CC6)C(C)(C)[C@@H]5CC[C@]43C)[C@@H]12. The van der Waals surface area contributed by atoms with Crippen molar-refractivity contribution in [2.24, 2.45) is 51.2 Å². The summed E-state index contributed by atoms with van der Waals surface area (Å²) in [6, 6.07) is 0. The van der Waals surface area contributed by atoms with Gasteiger partial charge in [-0.3, -0.25) is 4.79 Å². The van der Waals surface area contributed by atoms with Crippen LogP contribution in [0.5, 0.6) is 0 Å². The zero-order chi connectivity index (χ0) is 37.3. The molecule has 6 nitrogen and oxygen atoms in total. The first-order chi connectivity index (χ1) is 24.6. The molecular weight excluding hydrogens is 672 g/mol. The lowest BCUT2D eigenvalue weighted by Crippen LogP contribution is -2.68. The van der Waals surface area contributed by atoms with Gasteiger partial charge in [0.1, 0.15) is 12.3 Å². The standard InChI is InChI=1S/C44H69FN2O4S/c1-30(2)33-12-21-44(46-24-27-47-25-15-32(16-26-47)52(49)50)23-22-41(6)35(38(33)44)8-9-37-40(5)17-13-34(39(3,4)36(40)14-18-42(37,41)7)31-10-19-43(28-45,20-11-31)51-29-48/h10,13,29,32-33,35-38,46H,1,8-9,11-12,14-28H2,2-7H3,(H,49,50)/t33-,35+,36-,37+,38+,40-,41+,42+,43-,44-/m0/s1. The lowest BCUT2D eigenvalue weighted by atomic mass is 9.33. The van der Waals surface area contributed by atoms with E-state index >= 15 is 0 Å². The molecule has 6 aliphatic carbocycles. The van der Waals surface area contributed by atoms with Crippen LogP contribution in [0.25, 0.3) is 0 Å². The van der Waals surface area contributed by atoms with Crippen LogP contribution in [0.2, 0.25) is 0 Å². The van der Waals surface area contributed by atoms with Gasteiger partial charge in [-0.25, -0.2) is 8.60 Å². The average Bonchev–Trinajstić information content (AvgIpc) is 3.49. The van der Waals surface area contributed by atoms with Crippen LogP contribution < -0.4 is 5.32 Å². The van der Waals surface area contributed by atoms with Gasteiger partial charge in [0.25, 0.3) is 6.47 Å². The molecule has 0 bridgehead atoms. The van der Waals surface area contributed by atoms with Gasteiger partial charge in [-0.05, 0) is 166 Å². The van der Waals surface area contributed by atoms with E-state index < -0.39 is 23.4 Å². The van der Waals surface area contributed by atoms with Crippen molar-refractivity contribution in [3.63, 3.8) is 0 Å². The highest BCUT2D eigenvalue weighted by atomic mass is 32.2. The molecule has 0 radical (unpaired) electrons. The average molecular weight is 741 g/mol. The van der Waals surface area contributed by atoms with Crippen molar-refractivity contribution in [2.45, 2.75) is 148 Å². The van der Waals surface area contributed by atoms with Crippen LogP contribution in [-0.2, 0) is 20.6 Å². The van der Waals surface area contributed by atoms with Gasteiger partial charge in [0.2, 0.25) is 0 Å². The van der Waals surface area contributed by atoms with E-state index in [9.17, 15) is 17.9 Å². The number of hydrogen-bond acceptors (Lipinski definition) is 5. The van der Waals surface area contributed by atoms with Crippen LogP contribution in [0.4, 0.5) is 4.39 Å². The molecule has 7 rings (SSSR count). The normalized spacial score (nSPS) is 45.3. The minimum atomic E-state index is -1.70. The van der Waals surface area contributed by atoms with Crippen molar-refractivity contribution in [3.05, 3.63) is 35.5 Å². The fraction of sp³-hybridized carbons (Fsp3) is 0.841. The summed E-state index contributed by atoms with van der Waals surface area (Å²) in [5, 5.41) is 4.20. The number of ether oxygens (including phenoxy) is 1. The second-order valence-electron chi connectivity index (χ2n) is 20.1. The number of piperidine rings is 1. The zero-order valence-electron chi connectivity index (χ0n) is 33.2. The largest absolute Gasteiger partial charge is 0.458 e. The van der Waals surface area contributed by atoms with Crippen molar-refractivity contribution in [1.82, 2.24) is 10.2 Å². The number of alkyl halides is 1. The maximum atomic E-state index is 14.0. The fourth-order valence-corrected chi connectivity index (χ4v) is 15.5. The number of halogens is 1. The number of hydrogen-bond donors (Lipinski definition) is 2. The van der Waals surface area contributed by atoms with Crippen molar-refractivity contribution < 1.29 is 22.7 Å². The molecule has 0 aromatic rings. The second kappa shape index (κ2) is 14.0. The molecule has 0 aromatic heterocycles. The van der Waals surface area contributed by atoms with Crippen molar-refractivity contribution in [3.8, 4) is 0 Å². The number of rotatable bonds is 10. The summed E-state index contributed by atoms with van der Waals surface area (Å²) < 4.78 is 40.5. The quantitative estimate of drug-likeness (QED) is 0.132. The molecule has 52 heavy (non-hydrogen) atoms. The second-order valence-corrected chi connectivity index (χ2v) is 21.3. The van der Waals surface area contributed by atoms with E-state index in [0.717, 1.165) is 51.9 Å². The summed E-state index contributed by atoms with van der Waals surface area (Å²) >= 11 is -1.70. The molecule has 1 aliphatic heterocycles. The summed E-state index contributed by atoms with van der Waals surface area (Å²) in [6.07, 6.45) is 19.5. The van der Waals surface area contributed by atoms with Crippen molar-refractivity contribution >= 4 is 17.6 Å². The van der Waals surface area contributed by atoms with Crippen LogP contribution in [0.1, 0.15) is 131 Å². The monoisotopic (exact) mass is 740 g/mol. The molecule has 1 heterocycles. The van der Waals surface area contributed by atoms with Crippen LogP contribution in [0.15, 0.2) is 35.5 Å². The molecule has 2 N–H and O–H groups in total. The first-order valence-corrected chi connectivity index (χ1v) is 22.1. The zero-order valence-corrected chi connectivity index (χ0v) is 34.1. The number of fused-ring (bicyclic) bond motifs is 7. The summed E-state index contributed by atoms with van der Waals surface area (Å²) in [5.41, 5.74) is 4.22. The van der Waals surface area contributed by atoms with E-state index in [1.165, 1.54) is 68.1 Å². The number of likely N-dealkylation sites (tertiary alicyclic amines) is 1. The Morgan fingerprint density at radius 2 is 1.73 bits per heavy atom. The van der Waals surface area contributed by atoms with Gasteiger partial charge in [0.15, 0.2) is 11.1 Å². The van der Waals surface area contributed by atoms with Gasteiger partial charge in [0.05, 0.1) is 5.25 Å². The Kier molecular flexibility index (Phi) is 10.5. The van der Waals surface area contributed by atoms with Crippen molar-refractivity contribution in [1.29, 1.82) is 0 Å². The van der Waals surface area contributed by atoms with E-state index in [1.54, 1.807) is 0 Å². The third-order valence-corrected chi connectivity index (χ3v) is 18.9. The Morgan fingerprint density at radius 1 is 0.981 bits per heavy atom. The van der Waals surface area contributed by atoms with E-state index in [2.05, 4.69) is 70.5 Å². The lowest BCUT2D eigenvalue weighted by molar-refractivity contribution is -0.221. The van der Waals surface area contributed by atoms with E-state index in [-0.39, 0.29) is 32.4 Å². The highest BCUT2D eigenvalue weighted by molar-refractivity contribution is 7.79. The predicted molar refractivity (Wildman–Crippen MR) is 209 cm³/mol. The Bertz CT molecular complexity index is 1490. The smallest absolute Gasteiger partial charge is 0.293 e. The molecule has 1 saturated heterocycles. The van der Waals surface area contributed by atoms with Crippen LogP contribution in [-0.4, -0.2) is 69.4 Å². The Balaban J connectivity index is 1.11. The summed E-state index contributed by atoms with van der Waals surface area (Å²) in [4.78, 5) is 13.7. The first-order valence-electron chi connectivity index (χ1n) is 20.9. The minimum absolute atomic E-state index is 0.0335. The maximum Gasteiger partial charge on any atom is 0.293 e. The van der Waals surface area contributed by atoms with E-state index in [4.69, 9.17) is 4.74 Å². The van der Waals surface area contributed by atoms with Crippen LogP contribution >= 0.6 is 0 Å². The molecule has 5 fully saturated rings. The van der Waals surface area contributed by atoms with Crippen LogP contribution in [0.3, 0.4) is 0 Å². The minimum Gasteiger partial charge on any atom is -0.458 e. The molecule has 0 amide bonds. The van der Waals surface area contributed by atoms with Gasteiger partial charge >= 0.3 is 0 Å². The Morgan fingerprint density at radius 3 is 2.37 bits per heavy atom. The van der Waals surface area contributed by atoms with Gasteiger partial charge in [-0.1, -0.05) is 58.9 Å². The highest BCUT2D eigenvalue weighted by Crippen LogP contribution is 2.76. The number of carbonyl (C=O) groups is 1. The maximum absolute atomic E-state index is 14.0. The number of allylic oxidation sites excluding steroid dienone is 4. The molecule has 4 saturated carbocycles. The van der Waals surface area contributed by atoms with Crippen molar-refractivity contribution in [2.75, 3.05) is 32.9 Å². The summed E-state index contributed by atoms with van der Waals surface area (Å²) in [6.45, 7) is 23.6. The topological polar surface area (TPSA) is 78.9 Å². The van der Waals surface area contributed by atoms with Gasteiger partial charge in [0, 0.05) is 25.0 Å². The molecular formula is C44H69FN2O4S. The lowest BCUT2D eigenvalue weighted by Gasteiger charge is -2.72. The van der Waals surface area contributed by atoms with Gasteiger partial charge in [-0.2, -0.15) is 0 Å². The van der Waals surface area contributed by atoms with E-state index in [0.29, 0.717) is 48.9 Å². The molecule has 1 unspecified atom stereocenters. The molecule has 8 heteroatoms. The molecule has 0 aromatic carbocycles. The Hall–Kier alpha value is -1.35. The predicted octanol–water partition coefficient (Wildman–Crippen LogP) is 9.20. The molecule has 292 valence electrons. The highest BCUT2D eigenvalue weighted by Gasteiger charge is 2.70. The molecule has 11 atom stereocenters. The van der Waals surface area contributed by atoms with Crippen LogP contribution in [0, 0.1) is 51.2 Å². The number of carbonyl (C=O) groups excluding carboxylic acids is 1. The summed E-state index contributed by atoms with van der Waals surface area (Å²) in [5.74, 6) is 3.17.